The summed E-state index contributed by atoms with van der Waals surface area (Å²) in [6.45, 7) is 3.42. The normalized spacial score (nSPS) is 10.7. The zero-order valence-electron chi connectivity index (χ0n) is 8.63. The van der Waals surface area contributed by atoms with E-state index in [9.17, 15) is 0 Å². The van der Waals surface area contributed by atoms with Gasteiger partial charge in [0.2, 0.25) is 0 Å². The van der Waals surface area contributed by atoms with Gasteiger partial charge in [-0.05, 0) is 18.6 Å². The van der Waals surface area contributed by atoms with Gasteiger partial charge in [0.15, 0.2) is 0 Å². The monoisotopic (exact) mass is 199 g/mol. The van der Waals surface area contributed by atoms with Crippen LogP contribution in [-0.4, -0.2) is 20.6 Å². The molecule has 0 N–H and O–H groups in total. The number of quaternary nitrogens is 1. The third-order valence-corrected chi connectivity index (χ3v) is 2.24. The zero-order valence-corrected chi connectivity index (χ0v) is 9.38. The Bertz CT molecular complexity index is 231. The van der Waals surface area contributed by atoms with E-state index in [-0.39, 0.29) is 12.4 Å². The summed E-state index contributed by atoms with van der Waals surface area (Å²) in [5, 5.41) is 0. The van der Waals surface area contributed by atoms with Gasteiger partial charge in [0.1, 0.15) is 5.69 Å². The topological polar surface area (TPSA) is 0 Å². The van der Waals surface area contributed by atoms with E-state index in [2.05, 4.69) is 51.4 Å². The summed E-state index contributed by atoms with van der Waals surface area (Å²) in [4.78, 5) is 0. The average molecular weight is 200 g/mol. The molecule has 0 spiro atoms. The minimum absolute atomic E-state index is 0. The highest BCUT2D eigenvalue weighted by atomic mass is 35.5. The van der Waals surface area contributed by atoms with E-state index in [1.165, 1.54) is 18.7 Å². The van der Waals surface area contributed by atoms with E-state index < -0.39 is 0 Å². The number of rotatable bonds is 3. The predicted molar refractivity (Wildman–Crippen MR) is 55.2 cm³/mol. The molecule has 0 unspecified atom stereocenters. The molecule has 0 saturated carbocycles. The largest absolute Gasteiger partial charge is 1.00 e. The fraction of sp³-hybridized carbons (Fsp3) is 0.455. The molecule has 74 valence electrons. The third kappa shape index (κ3) is 3.37. The van der Waals surface area contributed by atoms with Gasteiger partial charge in [0, 0.05) is 0 Å². The standard InChI is InChI=1S/C11H18N.ClH/c1-4-10-12(2,3)11-8-6-5-7-9-11;/h5-9H,4,10H2,1-3H3;1H/q+1;/p-1. The molecule has 1 aromatic rings. The summed E-state index contributed by atoms with van der Waals surface area (Å²) in [7, 11) is 4.50. The Hall–Kier alpha value is -0.530. The average Bonchev–Trinajstić information content (AvgIpc) is 2.06. The van der Waals surface area contributed by atoms with Crippen LogP contribution in [0.25, 0.3) is 0 Å². The van der Waals surface area contributed by atoms with Gasteiger partial charge in [0.25, 0.3) is 0 Å². The fourth-order valence-corrected chi connectivity index (χ4v) is 1.52. The molecular formula is C11H18ClN. The Morgan fingerprint density at radius 2 is 1.62 bits per heavy atom. The van der Waals surface area contributed by atoms with Crippen molar-refractivity contribution in [2.45, 2.75) is 13.3 Å². The van der Waals surface area contributed by atoms with Crippen LogP contribution in [0.3, 0.4) is 0 Å². The number of hydrogen-bond donors (Lipinski definition) is 0. The van der Waals surface area contributed by atoms with E-state index in [1.807, 2.05) is 0 Å². The first-order chi connectivity index (χ1) is 5.67. The van der Waals surface area contributed by atoms with Crippen LogP contribution in [0.15, 0.2) is 30.3 Å². The number of benzene rings is 1. The number of para-hydroxylation sites is 1. The second-order valence-electron chi connectivity index (χ2n) is 3.74. The molecule has 1 nitrogen and oxygen atoms in total. The fourth-order valence-electron chi connectivity index (χ4n) is 1.52. The highest BCUT2D eigenvalue weighted by Crippen LogP contribution is 2.17. The van der Waals surface area contributed by atoms with E-state index in [0.717, 1.165) is 4.48 Å². The zero-order chi connectivity index (χ0) is 9.03. The van der Waals surface area contributed by atoms with Crippen LogP contribution in [0.4, 0.5) is 5.69 Å². The molecular weight excluding hydrogens is 182 g/mol. The molecule has 0 saturated heterocycles. The predicted octanol–water partition coefficient (Wildman–Crippen LogP) is -0.332. The van der Waals surface area contributed by atoms with Gasteiger partial charge in [-0.25, -0.2) is 0 Å². The maximum Gasteiger partial charge on any atom is 0.132 e. The molecule has 0 bridgehead atoms. The van der Waals surface area contributed by atoms with Gasteiger partial charge in [-0.1, -0.05) is 25.1 Å². The summed E-state index contributed by atoms with van der Waals surface area (Å²) < 4.78 is 0.983. The molecule has 0 aliphatic carbocycles. The van der Waals surface area contributed by atoms with Crippen LogP contribution in [0, 0.1) is 0 Å². The van der Waals surface area contributed by atoms with Crippen LogP contribution in [0.2, 0.25) is 0 Å². The lowest BCUT2D eigenvalue weighted by Crippen LogP contribution is -3.00. The summed E-state index contributed by atoms with van der Waals surface area (Å²) >= 11 is 0. The number of hydrogen-bond acceptors (Lipinski definition) is 0. The van der Waals surface area contributed by atoms with E-state index >= 15 is 0 Å². The van der Waals surface area contributed by atoms with Crippen LogP contribution in [0.5, 0.6) is 0 Å². The van der Waals surface area contributed by atoms with Gasteiger partial charge in [-0.2, -0.15) is 0 Å². The maximum atomic E-state index is 2.25. The van der Waals surface area contributed by atoms with Gasteiger partial charge in [-0.3, -0.25) is 4.48 Å². The smallest absolute Gasteiger partial charge is 0.132 e. The molecule has 0 aromatic heterocycles. The first kappa shape index (κ1) is 12.5. The molecule has 0 fully saturated rings. The molecule has 1 aromatic carbocycles. The first-order valence-electron chi connectivity index (χ1n) is 4.55. The van der Waals surface area contributed by atoms with Gasteiger partial charge < -0.3 is 12.4 Å². The molecule has 0 amide bonds. The van der Waals surface area contributed by atoms with Crippen molar-refractivity contribution in [3.05, 3.63) is 30.3 Å². The van der Waals surface area contributed by atoms with Crippen LogP contribution < -0.4 is 16.9 Å². The lowest BCUT2D eigenvalue weighted by molar-refractivity contribution is -0.00000275. The summed E-state index contributed by atoms with van der Waals surface area (Å²) in [5.41, 5.74) is 1.39. The Morgan fingerprint density at radius 3 is 2.08 bits per heavy atom. The van der Waals surface area contributed by atoms with Gasteiger partial charge in [-0.15, -0.1) is 0 Å². The Labute approximate surface area is 87.4 Å². The molecule has 0 aliphatic rings. The lowest BCUT2D eigenvalue weighted by Gasteiger charge is -2.28. The highest BCUT2D eigenvalue weighted by molar-refractivity contribution is 5.40. The molecule has 0 aliphatic heterocycles. The molecule has 1 rings (SSSR count). The second-order valence-corrected chi connectivity index (χ2v) is 3.74. The first-order valence-corrected chi connectivity index (χ1v) is 4.55. The van der Waals surface area contributed by atoms with Crippen molar-refractivity contribution in [2.75, 3.05) is 20.6 Å². The summed E-state index contributed by atoms with van der Waals surface area (Å²) in [6, 6.07) is 10.6. The quantitative estimate of drug-likeness (QED) is 0.585. The summed E-state index contributed by atoms with van der Waals surface area (Å²) in [5.74, 6) is 0. The van der Waals surface area contributed by atoms with Crippen molar-refractivity contribution >= 4 is 5.69 Å². The minimum atomic E-state index is 0. The van der Waals surface area contributed by atoms with Crippen molar-refractivity contribution in [3.63, 3.8) is 0 Å². The maximum absolute atomic E-state index is 2.25. The summed E-state index contributed by atoms with van der Waals surface area (Å²) in [6.07, 6.45) is 1.22. The van der Waals surface area contributed by atoms with Crippen molar-refractivity contribution in [1.82, 2.24) is 4.48 Å². The van der Waals surface area contributed by atoms with Crippen molar-refractivity contribution in [1.29, 1.82) is 0 Å². The highest BCUT2D eigenvalue weighted by Gasteiger charge is 2.15. The third-order valence-electron chi connectivity index (χ3n) is 2.24. The Morgan fingerprint density at radius 1 is 1.08 bits per heavy atom. The Balaban J connectivity index is 0.00000144. The molecule has 0 heterocycles. The minimum Gasteiger partial charge on any atom is -1.00 e. The van der Waals surface area contributed by atoms with E-state index in [1.54, 1.807) is 0 Å². The molecule has 2 heteroatoms. The van der Waals surface area contributed by atoms with Crippen molar-refractivity contribution in [2.24, 2.45) is 0 Å². The van der Waals surface area contributed by atoms with Crippen molar-refractivity contribution < 1.29 is 12.4 Å². The van der Waals surface area contributed by atoms with E-state index in [4.69, 9.17) is 0 Å². The Kier molecular flexibility index (Phi) is 5.04. The van der Waals surface area contributed by atoms with Gasteiger partial charge >= 0.3 is 0 Å². The van der Waals surface area contributed by atoms with Crippen LogP contribution in [-0.2, 0) is 0 Å². The van der Waals surface area contributed by atoms with Gasteiger partial charge in [0.05, 0.1) is 20.6 Å². The van der Waals surface area contributed by atoms with Crippen LogP contribution in [0.1, 0.15) is 13.3 Å². The SMILES string of the molecule is CCC[N+](C)(C)c1ccccc1.[Cl-]. The number of nitrogens with zero attached hydrogens (tertiary/aromatic N) is 1. The molecule has 0 radical (unpaired) electrons. The van der Waals surface area contributed by atoms with Crippen LogP contribution >= 0.6 is 0 Å². The number of halogens is 1. The molecule has 13 heavy (non-hydrogen) atoms. The second kappa shape index (κ2) is 5.25. The lowest BCUT2D eigenvalue weighted by atomic mass is 10.2. The van der Waals surface area contributed by atoms with E-state index in [0.29, 0.717) is 0 Å². The van der Waals surface area contributed by atoms with Crippen molar-refractivity contribution in [3.8, 4) is 0 Å². The molecule has 0 atom stereocenters.